The van der Waals surface area contributed by atoms with Crippen molar-refractivity contribution in [3.8, 4) is 5.75 Å². The molecular weight excluding hydrogens is 330 g/mol. The number of hydrogen-bond donors (Lipinski definition) is 2. The summed E-state index contributed by atoms with van der Waals surface area (Å²) in [5.41, 5.74) is 4.71. The number of carbonyl (C=O) groups excluding carboxylic acids is 1. The largest absolute Gasteiger partial charge is 0.494 e. The third-order valence-electron chi connectivity index (χ3n) is 4.52. The number of amides is 2. The number of urea groups is 1. The standard InChI is InChI=1S/C19H23N5O2/c1-12-14(13(2)24(3)23-12)9-11-21-19(25)22-16-7-8-17(26-4)18-15(16)6-5-10-20-18/h5-8,10H,9,11H2,1-4H3,(H2,21,22,25). The quantitative estimate of drug-likeness (QED) is 0.739. The molecule has 7 nitrogen and oxygen atoms in total. The summed E-state index contributed by atoms with van der Waals surface area (Å²) in [6, 6.07) is 7.10. The lowest BCUT2D eigenvalue weighted by molar-refractivity contribution is 0.252. The van der Waals surface area contributed by atoms with Gasteiger partial charge in [-0.05, 0) is 50.1 Å². The fourth-order valence-corrected chi connectivity index (χ4v) is 3.07. The highest BCUT2D eigenvalue weighted by Gasteiger charge is 2.11. The van der Waals surface area contributed by atoms with Crippen LogP contribution >= 0.6 is 0 Å². The molecule has 136 valence electrons. The van der Waals surface area contributed by atoms with Crippen molar-refractivity contribution in [1.29, 1.82) is 0 Å². The van der Waals surface area contributed by atoms with Gasteiger partial charge in [0.05, 0.1) is 18.5 Å². The van der Waals surface area contributed by atoms with Gasteiger partial charge in [-0.2, -0.15) is 5.10 Å². The number of aryl methyl sites for hydroxylation is 2. The van der Waals surface area contributed by atoms with Gasteiger partial charge in [0.1, 0.15) is 11.3 Å². The number of carbonyl (C=O) groups is 1. The summed E-state index contributed by atoms with van der Waals surface area (Å²) in [4.78, 5) is 16.6. The van der Waals surface area contributed by atoms with E-state index in [0.717, 1.165) is 28.7 Å². The molecule has 0 saturated carbocycles. The number of rotatable bonds is 5. The molecular formula is C19H23N5O2. The predicted molar refractivity (Wildman–Crippen MR) is 102 cm³/mol. The predicted octanol–water partition coefficient (Wildman–Crippen LogP) is 2.96. The van der Waals surface area contributed by atoms with Crippen LogP contribution in [0.25, 0.3) is 10.9 Å². The van der Waals surface area contributed by atoms with Crippen molar-refractivity contribution in [3.05, 3.63) is 47.4 Å². The Morgan fingerprint density at radius 2 is 2.08 bits per heavy atom. The van der Waals surface area contributed by atoms with Crippen molar-refractivity contribution >= 4 is 22.6 Å². The minimum absolute atomic E-state index is 0.250. The maximum Gasteiger partial charge on any atom is 0.319 e. The number of methoxy groups -OCH3 is 1. The summed E-state index contributed by atoms with van der Waals surface area (Å²) in [5.74, 6) is 0.675. The summed E-state index contributed by atoms with van der Waals surface area (Å²) in [6.45, 7) is 4.55. The van der Waals surface area contributed by atoms with E-state index in [1.54, 1.807) is 19.4 Å². The number of nitrogens with zero attached hydrogens (tertiary/aromatic N) is 3. The molecule has 3 aromatic rings. The van der Waals surface area contributed by atoms with Crippen LogP contribution in [0.1, 0.15) is 17.0 Å². The molecule has 7 heteroatoms. The Kier molecular flexibility index (Phi) is 5.06. The van der Waals surface area contributed by atoms with Gasteiger partial charge in [0, 0.05) is 30.9 Å². The summed E-state index contributed by atoms with van der Waals surface area (Å²) >= 11 is 0. The van der Waals surface area contributed by atoms with Crippen molar-refractivity contribution in [1.82, 2.24) is 20.1 Å². The lowest BCUT2D eigenvalue weighted by atomic mass is 10.1. The highest BCUT2D eigenvalue weighted by molar-refractivity contribution is 6.02. The van der Waals surface area contributed by atoms with E-state index in [-0.39, 0.29) is 6.03 Å². The van der Waals surface area contributed by atoms with Crippen LogP contribution < -0.4 is 15.4 Å². The van der Waals surface area contributed by atoms with Gasteiger partial charge < -0.3 is 15.4 Å². The van der Waals surface area contributed by atoms with Gasteiger partial charge in [0.15, 0.2) is 0 Å². The number of pyridine rings is 1. The van der Waals surface area contributed by atoms with Gasteiger partial charge in [-0.25, -0.2) is 4.79 Å². The normalized spacial score (nSPS) is 10.8. The minimum atomic E-state index is -0.250. The van der Waals surface area contributed by atoms with Gasteiger partial charge in [0.2, 0.25) is 0 Å². The molecule has 0 aliphatic rings. The first-order valence-corrected chi connectivity index (χ1v) is 8.47. The molecule has 0 aliphatic heterocycles. The second kappa shape index (κ2) is 7.43. The van der Waals surface area contributed by atoms with Crippen molar-refractivity contribution in [3.63, 3.8) is 0 Å². The zero-order valence-corrected chi connectivity index (χ0v) is 15.5. The average Bonchev–Trinajstić information content (AvgIpc) is 2.88. The molecule has 26 heavy (non-hydrogen) atoms. The summed E-state index contributed by atoms with van der Waals surface area (Å²) in [6.07, 6.45) is 2.44. The van der Waals surface area contributed by atoms with Gasteiger partial charge in [-0.15, -0.1) is 0 Å². The summed E-state index contributed by atoms with van der Waals surface area (Å²) < 4.78 is 7.19. The molecule has 3 rings (SSSR count). The lowest BCUT2D eigenvalue weighted by Crippen LogP contribution is -2.30. The fourth-order valence-electron chi connectivity index (χ4n) is 3.07. The first kappa shape index (κ1) is 17.7. The van der Waals surface area contributed by atoms with E-state index in [1.807, 2.05) is 43.8 Å². The zero-order chi connectivity index (χ0) is 18.7. The molecule has 0 radical (unpaired) electrons. The second-order valence-electron chi connectivity index (χ2n) is 6.12. The Morgan fingerprint density at radius 3 is 2.77 bits per heavy atom. The molecule has 0 atom stereocenters. The van der Waals surface area contributed by atoms with Gasteiger partial charge in [-0.3, -0.25) is 9.67 Å². The van der Waals surface area contributed by atoms with E-state index >= 15 is 0 Å². The molecule has 0 bridgehead atoms. The monoisotopic (exact) mass is 353 g/mol. The van der Waals surface area contributed by atoms with Crippen LogP contribution in [0.15, 0.2) is 30.5 Å². The van der Waals surface area contributed by atoms with E-state index in [4.69, 9.17) is 4.74 Å². The van der Waals surface area contributed by atoms with Crippen LogP contribution in [0.2, 0.25) is 0 Å². The summed E-state index contributed by atoms with van der Waals surface area (Å²) in [7, 11) is 3.53. The first-order valence-electron chi connectivity index (χ1n) is 8.47. The van der Waals surface area contributed by atoms with Crippen LogP contribution in [0.4, 0.5) is 10.5 Å². The van der Waals surface area contributed by atoms with Crippen molar-refractivity contribution in [2.45, 2.75) is 20.3 Å². The maximum absolute atomic E-state index is 12.3. The van der Waals surface area contributed by atoms with E-state index in [2.05, 4.69) is 20.7 Å². The van der Waals surface area contributed by atoms with E-state index in [1.165, 1.54) is 5.56 Å². The Labute approximate surface area is 152 Å². The number of anilines is 1. The topological polar surface area (TPSA) is 81.1 Å². The smallest absolute Gasteiger partial charge is 0.319 e. The van der Waals surface area contributed by atoms with Crippen LogP contribution in [0, 0.1) is 13.8 Å². The molecule has 0 aliphatic carbocycles. The minimum Gasteiger partial charge on any atom is -0.494 e. The number of fused-ring (bicyclic) bond motifs is 1. The molecule has 1 aromatic carbocycles. The number of aromatic nitrogens is 3. The lowest BCUT2D eigenvalue weighted by Gasteiger charge is -2.12. The molecule has 2 amide bonds. The molecule has 0 saturated heterocycles. The number of nitrogens with one attached hydrogen (secondary N) is 2. The highest BCUT2D eigenvalue weighted by atomic mass is 16.5. The second-order valence-corrected chi connectivity index (χ2v) is 6.12. The SMILES string of the molecule is COc1ccc(NC(=O)NCCc2c(C)nn(C)c2C)c2cccnc12. The third-order valence-corrected chi connectivity index (χ3v) is 4.52. The first-order chi connectivity index (χ1) is 12.5. The van der Waals surface area contributed by atoms with E-state index in [9.17, 15) is 4.79 Å². The van der Waals surface area contributed by atoms with Crippen LogP contribution in [0.5, 0.6) is 5.75 Å². The van der Waals surface area contributed by atoms with E-state index < -0.39 is 0 Å². The fraction of sp³-hybridized carbons (Fsp3) is 0.316. The number of benzene rings is 1. The number of hydrogen-bond acceptors (Lipinski definition) is 4. The Bertz CT molecular complexity index is 948. The van der Waals surface area contributed by atoms with Gasteiger partial charge >= 0.3 is 6.03 Å². The van der Waals surface area contributed by atoms with Gasteiger partial charge in [0.25, 0.3) is 0 Å². The summed E-state index contributed by atoms with van der Waals surface area (Å²) in [5, 5.41) is 11.0. The molecule has 0 fully saturated rings. The molecule has 2 N–H and O–H groups in total. The van der Waals surface area contributed by atoms with Gasteiger partial charge in [-0.1, -0.05) is 0 Å². The maximum atomic E-state index is 12.3. The zero-order valence-electron chi connectivity index (χ0n) is 15.5. The van der Waals surface area contributed by atoms with Crippen LogP contribution in [-0.4, -0.2) is 34.5 Å². The molecule has 0 unspecified atom stereocenters. The van der Waals surface area contributed by atoms with Crippen LogP contribution in [0.3, 0.4) is 0 Å². The van der Waals surface area contributed by atoms with Crippen molar-refractivity contribution < 1.29 is 9.53 Å². The Morgan fingerprint density at radius 1 is 1.27 bits per heavy atom. The molecule has 2 aromatic heterocycles. The molecule has 2 heterocycles. The number of ether oxygens (including phenoxy) is 1. The van der Waals surface area contributed by atoms with Crippen LogP contribution in [-0.2, 0) is 13.5 Å². The highest BCUT2D eigenvalue weighted by Crippen LogP contribution is 2.29. The Balaban J connectivity index is 1.66. The van der Waals surface area contributed by atoms with Crippen molar-refractivity contribution in [2.75, 3.05) is 19.0 Å². The third kappa shape index (κ3) is 3.46. The molecule has 0 spiro atoms. The average molecular weight is 353 g/mol. The van der Waals surface area contributed by atoms with E-state index in [0.29, 0.717) is 18.0 Å². The van der Waals surface area contributed by atoms with Crippen molar-refractivity contribution in [2.24, 2.45) is 7.05 Å². The Hall–Kier alpha value is -3.09.